The van der Waals surface area contributed by atoms with Gasteiger partial charge in [-0.05, 0) is 42.7 Å². The number of anilines is 1. The van der Waals surface area contributed by atoms with Gasteiger partial charge in [-0.3, -0.25) is 0 Å². The van der Waals surface area contributed by atoms with E-state index < -0.39 is 0 Å². The summed E-state index contributed by atoms with van der Waals surface area (Å²) >= 11 is 3.48. The summed E-state index contributed by atoms with van der Waals surface area (Å²) in [7, 11) is 0. The predicted molar refractivity (Wildman–Crippen MR) is 81.4 cm³/mol. The highest BCUT2D eigenvalue weighted by Gasteiger charge is 2.23. The molecule has 1 aromatic heterocycles. The Morgan fingerprint density at radius 1 is 1.39 bits per heavy atom. The van der Waals surface area contributed by atoms with Crippen molar-refractivity contribution >= 4 is 21.7 Å². The highest BCUT2D eigenvalue weighted by molar-refractivity contribution is 9.08. The first-order valence-corrected chi connectivity index (χ1v) is 8.00. The number of aryl methyl sites for hydroxylation is 1. The average molecular weight is 311 g/mol. The van der Waals surface area contributed by atoms with Crippen LogP contribution in [-0.2, 0) is 5.33 Å². The number of hydrogen-bond acceptors (Lipinski definition) is 2. The third-order valence-electron chi connectivity index (χ3n) is 4.04. The minimum Gasteiger partial charge on any atom is -0.356 e. The molecule has 0 N–H and O–H groups in total. The molecular formula is C15H23BrN2. The van der Waals surface area contributed by atoms with E-state index in [1.165, 1.54) is 29.8 Å². The molecule has 1 fully saturated rings. The fraction of sp³-hybridized carbons (Fsp3) is 0.667. The molecule has 1 saturated heterocycles. The first-order valence-electron chi connectivity index (χ1n) is 6.88. The molecule has 0 aliphatic carbocycles. The van der Waals surface area contributed by atoms with Crippen molar-refractivity contribution in [3.8, 4) is 0 Å². The standard InChI is InChI=1S/C15H23BrN2/c1-11(2)14-4-6-18(7-5-14)15-12(3)8-13(9-16)10-17-15/h8,10-11,14H,4-7,9H2,1-3H3. The Morgan fingerprint density at radius 2 is 2.06 bits per heavy atom. The molecule has 100 valence electrons. The number of alkyl halides is 1. The second-order valence-corrected chi connectivity index (χ2v) is 6.25. The van der Waals surface area contributed by atoms with Crippen molar-refractivity contribution < 1.29 is 0 Å². The van der Waals surface area contributed by atoms with Crippen molar-refractivity contribution in [1.82, 2.24) is 4.98 Å². The van der Waals surface area contributed by atoms with Crippen molar-refractivity contribution in [2.24, 2.45) is 11.8 Å². The number of rotatable bonds is 3. The van der Waals surface area contributed by atoms with Crippen molar-refractivity contribution in [2.45, 2.75) is 38.9 Å². The van der Waals surface area contributed by atoms with Gasteiger partial charge in [0, 0.05) is 24.6 Å². The molecule has 1 aliphatic rings. The van der Waals surface area contributed by atoms with Gasteiger partial charge in [-0.2, -0.15) is 0 Å². The quantitative estimate of drug-likeness (QED) is 0.779. The summed E-state index contributed by atoms with van der Waals surface area (Å²) < 4.78 is 0. The Hall–Kier alpha value is -0.570. The molecule has 1 aromatic rings. The van der Waals surface area contributed by atoms with Crippen LogP contribution in [0.2, 0.25) is 0 Å². The van der Waals surface area contributed by atoms with E-state index in [1.807, 2.05) is 6.20 Å². The van der Waals surface area contributed by atoms with E-state index in [0.29, 0.717) is 0 Å². The van der Waals surface area contributed by atoms with Crippen LogP contribution in [0.25, 0.3) is 0 Å². The van der Waals surface area contributed by atoms with Crippen LogP contribution >= 0.6 is 15.9 Å². The van der Waals surface area contributed by atoms with Crippen LogP contribution in [0, 0.1) is 18.8 Å². The van der Waals surface area contributed by atoms with Crippen molar-refractivity contribution in [3.05, 3.63) is 23.4 Å². The summed E-state index contributed by atoms with van der Waals surface area (Å²) in [5, 5.41) is 0.885. The fourth-order valence-corrected chi connectivity index (χ4v) is 3.11. The number of nitrogens with zero attached hydrogens (tertiary/aromatic N) is 2. The summed E-state index contributed by atoms with van der Waals surface area (Å²) in [5.74, 6) is 2.89. The molecular weight excluding hydrogens is 288 g/mol. The summed E-state index contributed by atoms with van der Waals surface area (Å²) in [4.78, 5) is 7.09. The molecule has 3 heteroatoms. The van der Waals surface area contributed by atoms with Crippen LogP contribution in [0.4, 0.5) is 5.82 Å². The molecule has 0 amide bonds. The number of hydrogen-bond donors (Lipinski definition) is 0. The Labute approximate surface area is 119 Å². The molecule has 0 saturated carbocycles. The third kappa shape index (κ3) is 3.05. The molecule has 0 aromatic carbocycles. The Morgan fingerprint density at radius 3 is 2.56 bits per heavy atom. The molecule has 0 bridgehead atoms. The van der Waals surface area contributed by atoms with Gasteiger partial charge in [-0.1, -0.05) is 35.8 Å². The van der Waals surface area contributed by atoms with Crippen molar-refractivity contribution in [2.75, 3.05) is 18.0 Å². The highest BCUT2D eigenvalue weighted by Crippen LogP contribution is 2.28. The Balaban J connectivity index is 2.05. The van der Waals surface area contributed by atoms with Crippen LogP contribution in [0.3, 0.4) is 0 Å². The number of aromatic nitrogens is 1. The maximum atomic E-state index is 4.64. The zero-order chi connectivity index (χ0) is 13.1. The second-order valence-electron chi connectivity index (χ2n) is 5.69. The minimum absolute atomic E-state index is 0.817. The van der Waals surface area contributed by atoms with Crippen LogP contribution in [0.15, 0.2) is 12.3 Å². The van der Waals surface area contributed by atoms with Gasteiger partial charge in [0.05, 0.1) is 0 Å². The summed E-state index contributed by atoms with van der Waals surface area (Å²) in [5.41, 5.74) is 2.56. The van der Waals surface area contributed by atoms with Crippen molar-refractivity contribution in [1.29, 1.82) is 0 Å². The molecule has 18 heavy (non-hydrogen) atoms. The molecule has 2 rings (SSSR count). The lowest BCUT2D eigenvalue weighted by atomic mass is 9.86. The lowest BCUT2D eigenvalue weighted by molar-refractivity contribution is 0.310. The minimum atomic E-state index is 0.817. The highest BCUT2D eigenvalue weighted by atomic mass is 79.9. The van der Waals surface area contributed by atoms with Gasteiger partial charge in [-0.25, -0.2) is 4.98 Å². The Bertz CT molecular complexity index is 395. The molecule has 0 radical (unpaired) electrons. The SMILES string of the molecule is Cc1cc(CBr)cnc1N1CCC(C(C)C)CC1. The van der Waals surface area contributed by atoms with E-state index >= 15 is 0 Å². The number of pyridine rings is 1. The lowest BCUT2D eigenvalue weighted by Crippen LogP contribution is -2.36. The van der Waals surface area contributed by atoms with Gasteiger partial charge in [-0.15, -0.1) is 0 Å². The maximum absolute atomic E-state index is 4.64. The first kappa shape index (κ1) is 13.9. The monoisotopic (exact) mass is 310 g/mol. The average Bonchev–Trinajstić information content (AvgIpc) is 2.38. The molecule has 0 spiro atoms. The van der Waals surface area contributed by atoms with Gasteiger partial charge in [0.25, 0.3) is 0 Å². The summed E-state index contributed by atoms with van der Waals surface area (Å²) in [6, 6.07) is 2.24. The maximum Gasteiger partial charge on any atom is 0.131 e. The van der Waals surface area contributed by atoms with Crippen molar-refractivity contribution in [3.63, 3.8) is 0 Å². The third-order valence-corrected chi connectivity index (χ3v) is 4.69. The number of piperidine rings is 1. The van der Waals surface area contributed by atoms with E-state index in [0.717, 1.165) is 30.3 Å². The van der Waals surface area contributed by atoms with E-state index in [-0.39, 0.29) is 0 Å². The normalized spacial score (nSPS) is 17.5. The summed E-state index contributed by atoms with van der Waals surface area (Å²) in [6.07, 6.45) is 4.60. The zero-order valence-electron chi connectivity index (χ0n) is 11.6. The van der Waals surface area contributed by atoms with Gasteiger partial charge in [0.2, 0.25) is 0 Å². The summed E-state index contributed by atoms with van der Waals surface area (Å²) in [6.45, 7) is 9.17. The molecule has 0 atom stereocenters. The number of halogens is 1. The van der Waals surface area contributed by atoms with E-state index in [1.54, 1.807) is 0 Å². The van der Waals surface area contributed by atoms with Crippen LogP contribution in [0.5, 0.6) is 0 Å². The first-order chi connectivity index (χ1) is 8.61. The molecule has 2 nitrogen and oxygen atoms in total. The van der Waals surface area contributed by atoms with Crippen LogP contribution in [-0.4, -0.2) is 18.1 Å². The van der Waals surface area contributed by atoms with Gasteiger partial charge >= 0.3 is 0 Å². The van der Waals surface area contributed by atoms with Gasteiger partial charge in [0.15, 0.2) is 0 Å². The lowest BCUT2D eigenvalue weighted by Gasteiger charge is -2.35. The van der Waals surface area contributed by atoms with Gasteiger partial charge < -0.3 is 4.90 Å². The van der Waals surface area contributed by atoms with Crippen LogP contribution in [0.1, 0.15) is 37.8 Å². The zero-order valence-corrected chi connectivity index (χ0v) is 13.2. The molecule has 2 heterocycles. The van der Waals surface area contributed by atoms with E-state index in [4.69, 9.17) is 0 Å². The molecule has 1 aliphatic heterocycles. The Kier molecular flexibility index (Phi) is 4.66. The van der Waals surface area contributed by atoms with E-state index in [9.17, 15) is 0 Å². The fourth-order valence-electron chi connectivity index (χ4n) is 2.81. The molecule has 0 unspecified atom stereocenters. The smallest absolute Gasteiger partial charge is 0.131 e. The second kappa shape index (κ2) is 6.05. The largest absolute Gasteiger partial charge is 0.356 e. The topological polar surface area (TPSA) is 16.1 Å². The predicted octanol–water partition coefficient (Wildman–Crippen LogP) is 4.16. The van der Waals surface area contributed by atoms with Crippen LogP contribution < -0.4 is 4.90 Å². The van der Waals surface area contributed by atoms with E-state index in [2.05, 4.69) is 52.7 Å². The van der Waals surface area contributed by atoms with Gasteiger partial charge in [0.1, 0.15) is 5.82 Å².